The number of hydrogen-bond donors (Lipinski definition) is 1. The van der Waals surface area contributed by atoms with Gasteiger partial charge in [0.15, 0.2) is 20.8 Å². The van der Waals surface area contributed by atoms with Crippen LogP contribution in [0.3, 0.4) is 0 Å². The first-order valence-electron chi connectivity index (χ1n) is 10.1. The number of anilines is 1. The highest BCUT2D eigenvalue weighted by Crippen LogP contribution is 2.22. The number of allylic oxidation sites excluding steroid dienone is 1. The van der Waals surface area contributed by atoms with Crippen LogP contribution in [0, 0.1) is 6.92 Å². The van der Waals surface area contributed by atoms with Crippen LogP contribution in [-0.2, 0) is 26.9 Å². The molecule has 8 nitrogen and oxygen atoms in total. The summed E-state index contributed by atoms with van der Waals surface area (Å²) in [4.78, 5) is 23.9. The number of amides is 1. The highest BCUT2D eigenvalue weighted by Gasteiger charge is 2.22. The van der Waals surface area contributed by atoms with Gasteiger partial charge in [0.2, 0.25) is 5.91 Å². The topological polar surface area (TPSA) is 111 Å². The Morgan fingerprint density at radius 2 is 1.76 bits per heavy atom. The number of thioether (sulfide) groups is 1. The first-order chi connectivity index (χ1) is 15.7. The predicted molar refractivity (Wildman–Crippen MR) is 128 cm³/mol. The molecule has 1 amide bonds. The normalized spacial score (nSPS) is 11.2. The van der Waals surface area contributed by atoms with Crippen LogP contribution in [0.5, 0.6) is 0 Å². The van der Waals surface area contributed by atoms with Crippen molar-refractivity contribution in [2.45, 2.75) is 36.2 Å². The maximum Gasteiger partial charge on any atom is 0.221 e. The average Bonchev–Trinajstić information content (AvgIpc) is 3.13. The van der Waals surface area contributed by atoms with Gasteiger partial charge in [0.05, 0.1) is 10.6 Å². The van der Waals surface area contributed by atoms with Gasteiger partial charge >= 0.3 is 0 Å². The molecule has 0 atom stereocenters. The van der Waals surface area contributed by atoms with E-state index >= 15 is 0 Å². The summed E-state index contributed by atoms with van der Waals surface area (Å²) in [6, 6.07) is 13.2. The van der Waals surface area contributed by atoms with Crippen molar-refractivity contribution in [3.63, 3.8) is 0 Å². The Hall–Kier alpha value is -3.24. The lowest BCUT2D eigenvalue weighted by molar-refractivity contribution is -0.114. The van der Waals surface area contributed by atoms with Gasteiger partial charge in [0, 0.05) is 24.7 Å². The molecule has 3 aromatic rings. The maximum atomic E-state index is 12.8. The van der Waals surface area contributed by atoms with Crippen molar-refractivity contribution in [2.24, 2.45) is 0 Å². The van der Waals surface area contributed by atoms with Gasteiger partial charge in [-0.3, -0.25) is 9.59 Å². The molecule has 1 heterocycles. The minimum Gasteiger partial charge on any atom is -0.326 e. The van der Waals surface area contributed by atoms with E-state index in [1.54, 1.807) is 59.2 Å². The zero-order valence-corrected chi connectivity index (χ0v) is 19.9. The number of nitrogens with zero attached hydrogens (tertiary/aromatic N) is 3. The number of rotatable bonds is 10. The van der Waals surface area contributed by atoms with Gasteiger partial charge in [-0.1, -0.05) is 35.5 Å². The van der Waals surface area contributed by atoms with Gasteiger partial charge in [0.25, 0.3) is 0 Å². The molecule has 0 saturated heterocycles. The Bertz CT molecular complexity index is 1260. The summed E-state index contributed by atoms with van der Waals surface area (Å²) in [7, 11) is -3.61. The monoisotopic (exact) mass is 484 g/mol. The Balaban J connectivity index is 1.72. The average molecular weight is 485 g/mol. The zero-order chi connectivity index (χ0) is 24.0. The van der Waals surface area contributed by atoms with Gasteiger partial charge in [-0.25, -0.2) is 8.42 Å². The van der Waals surface area contributed by atoms with Crippen molar-refractivity contribution in [1.29, 1.82) is 0 Å². The number of carbonyl (C=O) groups is 2. The van der Waals surface area contributed by atoms with E-state index in [0.29, 0.717) is 23.0 Å². The molecule has 0 unspecified atom stereocenters. The summed E-state index contributed by atoms with van der Waals surface area (Å²) < 4.78 is 27.3. The SMILES string of the molecule is C=CCn1c(CS(=O)(=O)c2ccc(C)cc2)nnc1SCC(=O)c1ccc(NC(C)=O)cc1. The van der Waals surface area contributed by atoms with E-state index in [1.807, 2.05) is 6.92 Å². The van der Waals surface area contributed by atoms with Crippen LogP contribution in [-0.4, -0.2) is 40.6 Å². The van der Waals surface area contributed by atoms with E-state index in [0.717, 1.165) is 5.56 Å². The second-order valence-electron chi connectivity index (χ2n) is 7.34. The highest BCUT2D eigenvalue weighted by molar-refractivity contribution is 7.99. The molecule has 172 valence electrons. The Labute approximate surface area is 197 Å². The molecule has 0 radical (unpaired) electrons. The summed E-state index contributed by atoms with van der Waals surface area (Å²) in [5.74, 6) is -0.247. The number of hydrogen-bond acceptors (Lipinski definition) is 7. The minimum absolute atomic E-state index is 0.0967. The number of ketones is 1. The fourth-order valence-electron chi connectivity index (χ4n) is 3.00. The maximum absolute atomic E-state index is 12.8. The molecule has 0 aliphatic rings. The number of carbonyl (C=O) groups excluding carboxylic acids is 2. The molecule has 1 aromatic heterocycles. The molecule has 0 spiro atoms. The lowest BCUT2D eigenvalue weighted by Crippen LogP contribution is -2.12. The van der Waals surface area contributed by atoms with E-state index in [4.69, 9.17) is 0 Å². The third-order valence-corrected chi connectivity index (χ3v) is 7.26. The molecule has 3 rings (SSSR count). The minimum atomic E-state index is -3.61. The van der Waals surface area contributed by atoms with E-state index in [-0.39, 0.29) is 33.9 Å². The van der Waals surface area contributed by atoms with Gasteiger partial charge in [-0.2, -0.15) is 0 Å². The van der Waals surface area contributed by atoms with Crippen molar-refractivity contribution in [3.8, 4) is 0 Å². The van der Waals surface area contributed by atoms with Crippen molar-refractivity contribution in [2.75, 3.05) is 11.1 Å². The van der Waals surface area contributed by atoms with Crippen molar-refractivity contribution >= 4 is 39.0 Å². The molecule has 2 aromatic carbocycles. The first kappa shape index (κ1) is 24.4. The van der Waals surface area contributed by atoms with E-state index < -0.39 is 9.84 Å². The van der Waals surface area contributed by atoms with E-state index in [2.05, 4.69) is 22.1 Å². The lowest BCUT2D eigenvalue weighted by Gasteiger charge is -2.09. The molecule has 0 saturated carbocycles. The molecular formula is C23H24N4O4S2. The molecule has 0 bridgehead atoms. The Morgan fingerprint density at radius 3 is 2.36 bits per heavy atom. The molecule has 0 fully saturated rings. The third-order valence-electron chi connectivity index (χ3n) is 4.66. The number of aromatic nitrogens is 3. The third kappa shape index (κ3) is 6.39. The smallest absolute Gasteiger partial charge is 0.221 e. The summed E-state index contributed by atoms with van der Waals surface area (Å²) >= 11 is 1.18. The van der Waals surface area contributed by atoms with Crippen LogP contribution >= 0.6 is 11.8 Å². The first-order valence-corrected chi connectivity index (χ1v) is 12.7. The van der Waals surface area contributed by atoms with Crippen molar-refractivity contribution in [3.05, 3.63) is 78.1 Å². The lowest BCUT2D eigenvalue weighted by atomic mass is 10.1. The summed E-state index contributed by atoms with van der Waals surface area (Å²) in [5, 5.41) is 11.3. The van der Waals surface area contributed by atoms with Crippen LogP contribution in [0.15, 0.2) is 71.2 Å². The second-order valence-corrected chi connectivity index (χ2v) is 10.3. The van der Waals surface area contributed by atoms with Crippen LogP contribution < -0.4 is 5.32 Å². The van der Waals surface area contributed by atoms with E-state index in [9.17, 15) is 18.0 Å². The molecule has 0 aliphatic carbocycles. The molecule has 1 N–H and O–H groups in total. The van der Waals surface area contributed by atoms with Crippen LogP contribution in [0.25, 0.3) is 0 Å². The molecule has 0 aliphatic heterocycles. The Morgan fingerprint density at radius 1 is 1.09 bits per heavy atom. The number of nitrogens with one attached hydrogen (secondary N) is 1. The largest absolute Gasteiger partial charge is 0.326 e. The fraction of sp³-hybridized carbons (Fsp3) is 0.217. The van der Waals surface area contributed by atoms with Crippen LogP contribution in [0.4, 0.5) is 5.69 Å². The number of sulfone groups is 1. The molecular weight excluding hydrogens is 460 g/mol. The predicted octanol–water partition coefficient (Wildman–Crippen LogP) is 3.68. The summed E-state index contributed by atoms with van der Waals surface area (Å²) in [5.41, 5.74) is 2.07. The number of benzene rings is 2. The van der Waals surface area contributed by atoms with Crippen molar-refractivity contribution in [1.82, 2.24) is 14.8 Å². The van der Waals surface area contributed by atoms with Gasteiger partial charge in [-0.15, -0.1) is 16.8 Å². The van der Waals surface area contributed by atoms with Gasteiger partial charge in [-0.05, 0) is 43.3 Å². The highest BCUT2D eigenvalue weighted by atomic mass is 32.2. The van der Waals surface area contributed by atoms with Gasteiger partial charge in [0.1, 0.15) is 11.6 Å². The Kier molecular flexibility index (Phi) is 7.83. The van der Waals surface area contributed by atoms with Gasteiger partial charge < -0.3 is 9.88 Å². The number of Topliss-reactive ketones (excluding diaryl/α,β-unsaturated/α-hetero) is 1. The van der Waals surface area contributed by atoms with Crippen LogP contribution in [0.2, 0.25) is 0 Å². The second kappa shape index (κ2) is 10.6. The van der Waals surface area contributed by atoms with E-state index in [1.165, 1.54) is 18.7 Å². The van der Waals surface area contributed by atoms with Crippen LogP contribution in [0.1, 0.15) is 28.7 Å². The molecule has 10 heteroatoms. The quantitative estimate of drug-likeness (QED) is 0.265. The summed E-state index contributed by atoms with van der Waals surface area (Å²) in [6.45, 7) is 7.34. The molecule has 33 heavy (non-hydrogen) atoms. The van der Waals surface area contributed by atoms with Crippen molar-refractivity contribution < 1.29 is 18.0 Å². The number of aryl methyl sites for hydroxylation is 1. The summed E-state index contributed by atoms with van der Waals surface area (Å²) in [6.07, 6.45) is 1.62. The zero-order valence-electron chi connectivity index (χ0n) is 18.3. The fourth-order valence-corrected chi connectivity index (χ4v) is 5.13. The standard InChI is InChI=1S/C23H24N4O4S2/c1-4-13-27-22(15-33(30,31)20-11-5-16(2)6-12-20)25-26-23(27)32-14-21(29)18-7-9-19(10-8-18)24-17(3)28/h4-12H,1,13-15H2,2-3H3,(H,24,28).